The van der Waals surface area contributed by atoms with Crippen molar-refractivity contribution in [2.24, 2.45) is 0 Å². The summed E-state index contributed by atoms with van der Waals surface area (Å²) >= 11 is 0. The Balaban J connectivity index is 2.80. The van der Waals surface area contributed by atoms with Crippen molar-refractivity contribution in [1.82, 2.24) is 9.97 Å². The highest BCUT2D eigenvalue weighted by atomic mass is 19.4. The topological polar surface area (TPSA) is 44.2 Å². The quantitative estimate of drug-likeness (QED) is 0.397. The molecule has 0 N–H and O–H groups in total. The van der Waals surface area contributed by atoms with Crippen LogP contribution in [-0.2, 0) is 19.0 Å². The molecule has 0 aliphatic carbocycles. The fourth-order valence-electron chi connectivity index (χ4n) is 3.26. The maximum absolute atomic E-state index is 13.9. The van der Waals surface area contributed by atoms with Crippen molar-refractivity contribution in [3.8, 4) is 22.9 Å². The minimum Gasteiger partial charge on any atom is -0.496 e. The standard InChI is InChI=1S/C22H27F5N2O2/c1-6-13(7-2)31-21-16(9-4)28-19(15(8-3)29-21)18-14(20(23)24)10-12(22(25,26)27)11-17(18)30-5/h10-11,13,20H,6-9H2,1-5H3. The zero-order valence-electron chi connectivity index (χ0n) is 18.2. The Bertz CT molecular complexity index is 896. The van der Waals surface area contributed by atoms with E-state index >= 15 is 0 Å². The molecule has 0 radical (unpaired) electrons. The van der Waals surface area contributed by atoms with Crippen LogP contribution in [0.4, 0.5) is 22.0 Å². The van der Waals surface area contributed by atoms with E-state index in [1.54, 1.807) is 6.92 Å². The van der Waals surface area contributed by atoms with Crippen molar-refractivity contribution in [2.45, 2.75) is 72.1 Å². The van der Waals surface area contributed by atoms with Crippen LogP contribution in [0.2, 0.25) is 0 Å². The summed E-state index contributed by atoms with van der Waals surface area (Å²) in [6, 6.07) is 1.16. The molecule has 1 heterocycles. The second-order valence-electron chi connectivity index (χ2n) is 6.98. The van der Waals surface area contributed by atoms with Gasteiger partial charge >= 0.3 is 6.18 Å². The lowest BCUT2D eigenvalue weighted by Gasteiger charge is -2.21. The Morgan fingerprint density at radius 1 is 0.935 bits per heavy atom. The van der Waals surface area contributed by atoms with Crippen LogP contribution in [0.15, 0.2) is 12.1 Å². The number of benzene rings is 1. The van der Waals surface area contributed by atoms with Crippen LogP contribution in [0, 0.1) is 0 Å². The predicted octanol–water partition coefficient (Wildman–Crippen LogP) is 6.80. The number of aromatic nitrogens is 2. The molecule has 0 spiro atoms. The molecular weight excluding hydrogens is 419 g/mol. The number of halogens is 5. The molecule has 1 aromatic carbocycles. The summed E-state index contributed by atoms with van der Waals surface area (Å²) in [5.74, 6) is -0.00823. The normalized spacial score (nSPS) is 12.0. The lowest BCUT2D eigenvalue weighted by molar-refractivity contribution is -0.137. The Morgan fingerprint density at radius 2 is 1.55 bits per heavy atom. The van der Waals surface area contributed by atoms with E-state index in [0.717, 1.165) is 20.0 Å². The minimum absolute atomic E-state index is 0.0765. The lowest BCUT2D eigenvalue weighted by Crippen LogP contribution is -2.17. The van der Waals surface area contributed by atoms with E-state index < -0.39 is 23.7 Å². The van der Waals surface area contributed by atoms with E-state index in [4.69, 9.17) is 9.47 Å². The van der Waals surface area contributed by atoms with Crippen LogP contribution < -0.4 is 9.47 Å². The van der Waals surface area contributed by atoms with Gasteiger partial charge in [-0.3, -0.25) is 0 Å². The SMILES string of the molecule is CCc1nc(-c2c(OC)cc(C(F)(F)F)cc2C(F)F)c(CC)nc1OC(CC)CC. The van der Waals surface area contributed by atoms with E-state index in [1.807, 2.05) is 20.8 Å². The average Bonchev–Trinajstić information content (AvgIpc) is 2.75. The summed E-state index contributed by atoms with van der Waals surface area (Å²) in [7, 11) is 1.14. The van der Waals surface area contributed by atoms with Crippen molar-refractivity contribution >= 4 is 0 Å². The fraction of sp³-hybridized carbons (Fsp3) is 0.545. The van der Waals surface area contributed by atoms with Gasteiger partial charge in [0.2, 0.25) is 5.88 Å². The molecule has 2 rings (SSSR count). The van der Waals surface area contributed by atoms with Gasteiger partial charge in [0, 0.05) is 5.56 Å². The number of ether oxygens (including phenoxy) is 2. The molecule has 0 atom stereocenters. The molecule has 0 amide bonds. The van der Waals surface area contributed by atoms with E-state index in [1.165, 1.54) is 0 Å². The van der Waals surface area contributed by atoms with Gasteiger partial charge in [-0.15, -0.1) is 0 Å². The van der Waals surface area contributed by atoms with Crippen molar-refractivity contribution in [1.29, 1.82) is 0 Å². The second-order valence-corrected chi connectivity index (χ2v) is 6.98. The van der Waals surface area contributed by atoms with Crippen molar-refractivity contribution in [3.63, 3.8) is 0 Å². The van der Waals surface area contributed by atoms with E-state index in [0.29, 0.717) is 42.2 Å². The summed E-state index contributed by atoms with van der Waals surface area (Å²) in [6.07, 6.45) is -5.79. The molecular formula is C22H27F5N2O2. The number of rotatable bonds is 9. The monoisotopic (exact) mass is 446 g/mol. The van der Waals surface area contributed by atoms with Gasteiger partial charge in [-0.2, -0.15) is 13.2 Å². The Hall–Kier alpha value is -2.45. The maximum Gasteiger partial charge on any atom is 0.416 e. The third-order valence-electron chi connectivity index (χ3n) is 5.01. The summed E-state index contributed by atoms with van der Waals surface area (Å²) in [4.78, 5) is 9.03. The molecule has 4 nitrogen and oxygen atoms in total. The molecule has 1 aromatic heterocycles. The van der Waals surface area contributed by atoms with Gasteiger partial charge < -0.3 is 9.47 Å². The first-order chi connectivity index (χ1) is 14.6. The Kier molecular flexibility index (Phi) is 8.20. The zero-order valence-corrected chi connectivity index (χ0v) is 18.2. The highest BCUT2D eigenvalue weighted by molar-refractivity contribution is 5.74. The molecule has 0 fully saturated rings. The molecule has 2 aromatic rings. The molecule has 0 aliphatic heterocycles. The van der Waals surface area contributed by atoms with E-state index in [2.05, 4.69) is 9.97 Å². The van der Waals surface area contributed by atoms with Crippen molar-refractivity contribution in [2.75, 3.05) is 7.11 Å². The van der Waals surface area contributed by atoms with Crippen LogP contribution in [0.25, 0.3) is 11.3 Å². The minimum atomic E-state index is -4.80. The lowest BCUT2D eigenvalue weighted by atomic mass is 9.97. The Morgan fingerprint density at radius 3 is 2.00 bits per heavy atom. The van der Waals surface area contributed by atoms with Crippen LogP contribution >= 0.6 is 0 Å². The highest BCUT2D eigenvalue weighted by Gasteiger charge is 2.35. The summed E-state index contributed by atoms with van der Waals surface area (Å²) in [5.41, 5.74) is -1.32. The first-order valence-electron chi connectivity index (χ1n) is 10.2. The molecule has 0 saturated carbocycles. The van der Waals surface area contributed by atoms with Gasteiger partial charge in [-0.1, -0.05) is 27.7 Å². The second kappa shape index (κ2) is 10.2. The first kappa shape index (κ1) is 24.8. The summed E-state index contributed by atoms with van der Waals surface area (Å²) in [5, 5.41) is 0. The molecule has 0 bridgehead atoms. The van der Waals surface area contributed by atoms with Crippen LogP contribution in [0.1, 0.15) is 69.5 Å². The summed E-state index contributed by atoms with van der Waals surface area (Å²) < 4.78 is 78.5. The van der Waals surface area contributed by atoms with E-state index in [-0.39, 0.29) is 23.1 Å². The number of alkyl halides is 5. The smallest absolute Gasteiger partial charge is 0.416 e. The first-order valence-corrected chi connectivity index (χ1v) is 10.2. The average molecular weight is 446 g/mol. The molecule has 31 heavy (non-hydrogen) atoms. The van der Waals surface area contributed by atoms with Crippen LogP contribution in [0.5, 0.6) is 11.6 Å². The number of hydrogen-bond acceptors (Lipinski definition) is 4. The van der Waals surface area contributed by atoms with Gasteiger partial charge in [-0.05, 0) is 37.8 Å². The number of aryl methyl sites for hydroxylation is 2. The number of hydrogen-bond donors (Lipinski definition) is 0. The number of methoxy groups -OCH3 is 1. The summed E-state index contributed by atoms with van der Waals surface area (Å²) in [6.45, 7) is 7.53. The molecule has 9 heteroatoms. The van der Waals surface area contributed by atoms with Gasteiger partial charge in [0.1, 0.15) is 11.4 Å². The fourth-order valence-corrected chi connectivity index (χ4v) is 3.26. The van der Waals surface area contributed by atoms with Gasteiger partial charge in [0.15, 0.2) is 0 Å². The maximum atomic E-state index is 13.9. The van der Waals surface area contributed by atoms with Crippen molar-refractivity contribution < 1.29 is 31.4 Å². The molecule has 0 aliphatic rings. The van der Waals surface area contributed by atoms with Crippen molar-refractivity contribution in [3.05, 3.63) is 34.6 Å². The predicted molar refractivity (Wildman–Crippen MR) is 108 cm³/mol. The Labute approximate surface area is 178 Å². The third kappa shape index (κ3) is 5.43. The highest BCUT2D eigenvalue weighted by Crippen LogP contribution is 2.44. The zero-order chi connectivity index (χ0) is 23.3. The largest absolute Gasteiger partial charge is 0.496 e. The van der Waals surface area contributed by atoms with Crippen LogP contribution in [-0.4, -0.2) is 23.2 Å². The van der Waals surface area contributed by atoms with Gasteiger partial charge in [-0.25, -0.2) is 18.7 Å². The van der Waals surface area contributed by atoms with E-state index in [9.17, 15) is 22.0 Å². The molecule has 172 valence electrons. The number of nitrogens with zero attached hydrogens (tertiary/aromatic N) is 2. The van der Waals surface area contributed by atoms with Crippen LogP contribution in [0.3, 0.4) is 0 Å². The third-order valence-corrected chi connectivity index (χ3v) is 5.01. The molecule has 0 saturated heterocycles. The van der Waals surface area contributed by atoms with Gasteiger partial charge in [0.05, 0.1) is 35.7 Å². The van der Waals surface area contributed by atoms with Gasteiger partial charge in [0.25, 0.3) is 6.43 Å². The molecule has 0 unspecified atom stereocenters.